The zero-order valence-corrected chi connectivity index (χ0v) is 7.68. The van der Waals surface area contributed by atoms with Crippen LogP contribution in [0, 0.1) is 0 Å². The molecule has 1 rings (SSSR count). The number of rotatable bonds is 2. The maximum absolute atomic E-state index is 8.37. The van der Waals surface area contributed by atoms with E-state index in [1.54, 1.807) is 18.2 Å². The van der Waals surface area contributed by atoms with E-state index in [9.17, 15) is 0 Å². The first-order chi connectivity index (χ1) is 5.77. The molecule has 1 aromatic rings. The zero-order valence-electron chi connectivity index (χ0n) is 6.17. The molecule has 0 fully saturated rings. The maximum Gasteiger partial charge on any atom is 0.175 e. The Kier molecular flexibility index (Phi) is 3.38. The van der Waals surface area contributed by atoms with Crippen molar-refractivity contribution in [2.24, 2.45) is 5.16 Å². The molecule has 0 aliphatic heterocycles. The molecule has 1 aromatic carbocycles. The van der Waals surface area contributed by atoms with Crippen molar-refractivity contribution in [1.29, 1.82) is 0 Å². The van der Waals surface area contributed by atoms with Crippen molar-refractivity contribution < 1.29 is 5.21 Å². The molecule has 0 saturated carbocycles. The summed E-state index contributed by atoms with van der Waals surface area (Å²) >= 11 is 11.2. The third-order valence-electron chi connectivity index (χ3n) is 1.41. The summed E-state index contributed by atoms with van der Waals surface area (Å²) in [6.07, 6.45) is 0. The third-order valence-corrected chi connectivity index (χ3v) is 2.01. The summed E-state index contributed by atoms with van der Waals surface area (Å²) in [4.78, 5) is 0. The summed E-state index contributed by atoms with van der Waals surface area (Å²) in [6, 6.07) is 7.20. The van der Waals surface area contributed by atoms with Crippen LogP contribution in [-0.4, -0.2) is 10.4 Å². The average Bonchev–Trinajstić information content (AvgIpc) is 2.17. The molecule has 0 aromatic heterocycles. The first kappa shape index (κ1) is 9.36. The fourth-order valence-corrected chi connectivity index (χ4v) is 1.12. The largest absolute Gasteiger partial charge is 0.410 e. The van der Waals surface area contributed by atoms with E-state index in [1.807, 2.05) is 6.07 Å². The molecule has 0 saturated heterocycles. The van der Waals surface area contributed by atoms with Crippen LogP contribution in [0.1, 0.15) is 11.1 Å². The second-order valence-electron chi connectivity index (χ2n) is 2.22. The van der Waals surface area contributed by atoms with E-state index in [0.29, 0.717) is 11.4 Å². The smallest absolute Gasteiger partial charge is 0.175 e. The van der Waals surface area contributed by atoms with Gasteiger partial charge in [-0.15, -0.1) is 11.6 Å². The molecule has 64 valence electrons. The Morgan fingerprint density at radius 2 is 2.25 bits per heavy atom. The van der Waals surface area contributed by atoms with Gasteiger partial charge in [-0.2, -0.15) is 0 Å². The van der Waals surface area contributed by atoms with Crippen molar-refractivity contribution in [2.45, 2.75) is 5.88 Å². The van der Waals surface area contributed by atoms with Gasteiger partial charge in [-0.25, -0.2) is 0 Å². The van der Waals surface area contributed by atoms with Crippen molar-refractivity contribution in [3.63, 3.8) is 0 Å². The molecule has 0 radical (unpaired) electrons. The molecule has 0 amide bonds. The van der Waals surface area contributed by atoms with Gasteiger partial charge < -0.3 is 5.21 Å². The molecule has 0 atom stereocenters. The number of oxime groups is 1. The SMILES string of the molecule is O/N=C(\Cl)c1cccc(CCl)c1. The van der Waals surface area contributed by atoms with Crippen LogP contribution in [-0.2, 0) is 5.88 Å². The Labute approximate surface area is 80.4 Å². The molecule has 2 nitrogen and oxygen atoms in total. The van der Waals surface area contributed by atoms with Gasteiger partial charge in [0.05, 0.1) is 0 Å². The lowest BCUT2D eigenvalue weighted by Crippen LogP contribution is -1.91. The summed E-state index contributed by atoms with van der Waals surface area (Å²) in [7, 11) is 0. The van der Waals surface area contributed by atoms with Gasteiger partial charge in [-0.05, 0) is 11.6 Å². The number of benzene rings is 1. The Morgan fingerprint density at radius 3 is 2.83 bits per heavy atom. The molecule has 0 unspecified atom stereocenters. The minimum Gasteiger partial charge on any atom is -0.410 e. The zero-order chi connectivity index (χ0) is 8.97. The van der Waals surface area contributed by atoms with E-state index < -0.39 is 0 Å². The number of nitrogens with zero attached hydrogens (tertiary/aromatic N) is 1. The van der Waals surface area contributed by atoms with Crippen molar-refractivity contribution in [3.8, 4) is 0 Å². The lowest BCUT2D eigenvalue weighted by molar-refractivity contribution is 0.321. The van der Waals surface area contributed by atoms with Gasteiger partial charge in [-0.1, -0.05) is 35.0 Å². The Bertz CT molecular complexity index is 299. The van der Waals surface area contributed by atoms with Crippen LogP contribution in [0.4, 0.5) is 0 Å². The van der Waals surface area contributed by atoms with Gasteiger partial charge in [0.25, 0.3) is 0 Å². The molecule has 0 bridgehead atoms. The second kappa shape index (κ2) is 4.33. The Morgan fingerprint density at radius 1 is 1.50 bits per heavy atom. The molecule has 0 spiro atoms. The topological polar surface area (TPSA) is 32.6 Å². The monoisotopic (exact) mass is 203 g/mol. The first-order valence-electron chi connectivity index (χ1n) is 3.30. The second-order valence-corrected chi connectivity index (χ2v) is 2.85. The Balaban J connectivity index is 3.02. The lowest BCUT2D eigenvalue weighted by atomic mass is 10.1. The van der Waals surface area contributed by atoms with Crippen LogP contribution in [0.25, 0.3) is 0 Å². The van der Waals surface area contributed by atoms with Crippen LogP contribution in [0.5, 0.6) is 0 Å². The van der Waals surface area contributed by atoms with Gasteiger partial charge in [-0.3, -0.25) is 0 Å². The lowest BCUT2D eigenvalue weighted by Gasteiger charge is -1.98. The van der Waals surface area contributed by atoms with Crippen LogP contribution in [0.3, 0.4) is 0 Å². The predicted octanol–water partition coefficient (Wildman–Crippen LogP) is 2.80. The quantitative estimate of drug-likeness (QED) is 0.341. The highest BCUT2D eigenvalue weighted by molar-refractivity contribution is 6.69. The minimum absolute atomic E-state index is 0.0713. The number of halogens is 2. The van der Waals surface area contributed by atoms with Crippen molar-refractivity contribution in [1.82, 2.24) is 0 Å². The fraction of sp³-hybridized carbons (Fsp3) is 0.125. The fourth-order valence-electron chi connectivity index (χ4n) is 0.841. The van der Waals surface area contributed by atoms with Gasteiger partial charge >= 0.3 is 0 Å². The van der Waals surface area contributed by atoms with Gasteiger partial charge in [0, 0.05) is 11.4 Å². The van der Waals surface area contributed by atoms with Crippen LogP contribution < -0.4 is 0 Å². The number of alkyl halides is 1. The first-order valence-corrected chi connectivity index (χ1v) is 4.22. The van der Waals surface area contributed by atoms with Gasteiger partial charge in [0.15, 0.2) is 5.17 Å². The third kappa shape index (κ3) is 2.13. The molecular formula is C8H7Cl2NO. The number of hydrogen-bond acceptors (Lipinski definition) is 2. The highest BCUT2D eigenvalue weighted by Crippen LogP contribution is 2.10. The minimum atomic E-state index is 0.0713. The van der Waals surface area contributed by atoms with Crippen molar-refractivity contribution >= 4 is 28.4 Å². The predicted molar refractivity (Wildman–Crippen MR) is 50.2 cm³/mol. The van der Waals surface area contributed by atoms with Crippen LogP contribution in [0.2, 0.25) is 0 Å². The van der Waals surface area contributed by atoms with Gasteiger partial charge in [0.2, 0.25) is 0 Å². The van der Waals surface area contributed by atoms with E-state index in [0.717, 1.165) is 5.56 Å². The highest BCUT2D eigenvalue weighted by Gasteiger charge is 2.00. The van der Waals surface area contributed by atoms with E-state index in [-0.39, 0.29) is 5.17 Å². The Hall–Kier alpha value is -0.730. The molecular weight excluding hydrogens is 197 g/mol. The van der Waals surface area contributed by atoms with Crippen molar-refractivity contribution in [3.05, 3.63) is 35.4 Å². The van der Waals surface area contributed by atoms with Crippen LogP contribution in [0.15, 0.2) is 29.4 Å². The molecule has 1 N–H and O–H groups in total. The molecule has 0 aliphatic carbocycles. The van der Waals surface area contributed by atoms with E-state index in [2.05, 4.69) is 5.16 Å². The molecule has 0 aliphatic rings. The normalized spacial score (nSPS) is 11.7. The molecule has 12 heavy (non-hydrogen) atoms. The molecule has 4 heteroatoms. The average molecular weight is 204 g/mol. The summed E-state index contributed by atoms with van der Waals surface area (Å²) in [6.45, 7) is 0. The highest BCUT2D eigenvalue weighted by atomic mass is 35.5. The van der Waals surface area contributed by atoms with E-state index >= 15 is 0 Å². The standard InChI is InChI=1S/C8H7Cl2NO/c9-5-6-2-1-3-7(4-6)8(10)11-12/h1-4,12H,5H2/b11-8-. The van der Waals surface area contributed by atoms with Gasteiger partial charge in [0.1, 0.15) is 0 Å². The van der Waals surface area contributed by atoms with E-state index in [1.165, 1.54) is 0 Å². The van der Waals surface area contributed by atoms with Crippen LogP contribution >= 0.6 is 23.2 Å². The summed E-state index contributed by atoms with van der Waals surface area (Å²) in [5.74, 6) is 0.420. The summed E-state index contributed by atoms with van der Waals surface area (Å²) in [5, 5.41) is 11.3. The maximum atomic E-state index is 8.37. The molecule has 0 heterocycles. The van der Waals surface area contributed by atoms with Crippen molar-refractivity contribution in [2.75, 3.05) is 0 Å². The summed E-state index contributed by atoms with van der Waals surface area (Å²) in [5.41, 5.74) is 1.60. The number of hydrogen-bond donors (Lipinski definition) is 1. The van der Waals surface area contributed by atoms with E-state index in [4.69, 9.17) is 28.4 Å². The summed E-state index contributed by atoms with van der Waals surface area (Å²) < 4.78 is 0.